The first-order valence-electron chi connectivity index (χ1n) is 8.02. The SMILES string of the molecule is COc1ccc(OC)c(-c2csc(NC(=O)C=Cc3ccccc3Cl)n2)c1. The van der Waals surface area contributed by atoms with Gasteiger partial charge >= 0.3 is 0 Å². The fraction of sp³-hybridized carbons (Fsp3) is 0.100. The molecule has 3 rings (SSSR count). The average molecular weight is 401 g/mol. The number of benzene rings is 2. The molecule has 0 saturated carbocycles. The molecule has 5 nitrogen and oxygen atoms in total. The minimum atomic E-state index is -0.284. The summed E-state index contributed by atoms with van der Waals surface area (Å²) in [4.78, 5) is 16.6. The first kappa shape index (κ1) is 18.9. The van der Waals surface area contributed by atoms with Crippen molar-refractivity contribution in [2.45, 2.75) is 0 Å². The molecule has 0 unspecified atom stereocenters. The Morgan fingerprint density at radius 2 is 2.00 bits per heavy atom. The van der Waals surface area contributed by atoms with Crippen LogP contribution in [0.3, 0.4) is 0 Å². The van der Waals surface area contributed by atoms with Gasteiger partial charge in [0.15, 0.2) is 5.13 Å². The van der Waals surface area contributed by atoms with Crippen LogP contribution in [-0.2, 0) is 4.79 Å². The molecule has 0 fully saturated rings. The molecule has 1 heterocycles. The summed E-state index contributed by atoms with van der Waals surface area (Å²) in [5, 5.41) is 5.68. The van der Waals surface area contributed by atoms with E-state index in [0.29, 0.717) is 27.3 Å². The lowest BCUT2D eigenvalue weighted by Gasteiger charge is -2.08. The molecule has 1 N–H and O–H groups in total. The summed E-state index contributed by atoms with van der Waals surface area (Å²) in [6.45, 7) is 0. The second-order valence-electron chi connectivity index (χ2n) is 5.45. The number of anilines is 1. The van der Waals surface area contributed by atoms with Crippen LogP contribution in [0.2, 0.25) is 5.02 Å². The van der Waals surface area contributed by atoms with E-state index >= 15 is 0 Å². The fourth-order valence-electron chi connectivity index (χ4n) is 2.39. The number of halogens is 1. The summed E-state index contributed by atoms with van der Waals surface area (Å²) in [5.74, 6) is 1.10. The van der Waals surface area contributed by atoms with Crippen LogP contribution < -0.4 is 14.8 Å². The minimum Gasteiger partial charge on any atom is -0.497 e. The van der Waals surface area contributed by atoms with Crippen LogP contribution in [0.1, 0.15) is 5.56 Å². The number of nitrogens with zero attached hydrogens (tertiary/aromatic N) is 1. The third kappa shape index (κ3) is 4.67. The van der Waals surface area contributed by atoms with Gasteiger partial charge in [0.1, 0.15) is 11.5 Å². The first-order chi connectivity index (χ1) is 13.1. The normalized spacial score (nSPS) is 10.8. The lowest BCUT2D eigenvalue weighted by atomic mass is 10.1. The molecule has 0 radical (unpaired) electrons. The summed E-state index contributed by atoms with van der Waals surface area (Å²) >= 11 is 7.41. The summed E-state index contributed by atoms with van der Waals surface area (Å²) in [6, 6.07) is 12.8. The van der Waals surface area contributed by atoms with Crippen molar-refractivity contribution < 1.29 is 14.3 Å². The van der Waals surface area contributed by atoms with Crippen molar-refractivity contribution in [3.63, 3.8) is 0 Å². The monoisotopic (exact) mass is 400 g/mol. The second-order valence-corrected chi connectivity index (χ2v) is 6.71. The Bertz CT molecular complexity index is 985. The van der Waals surface area contributed by atoms with Crippen molar-refractivity contribution in [1.82, 2.24) is 4.98 Å². The Morgan fingerprint density at radius 1 is 1.19 bits per heavy atom. The molecule has 3 aromatic rings. The maximum absolute atomic E-state index is 12.1. The summed E-state index contributed by atoms with van der Waals surface area (Å²) < 4.78 is 10.6. The quantitative estimate of drug-likeness (QED) is 0.582. The van der Waals surface area contributed by atoms with E-state index in [1.807, 2.05) is 41.8 Å². The number of ether oxygens (including phenoxy) is 2. The molecule has 7 heteroatoms. The highest BCUT2D eigenvalue weighted by Crippen LogP contribution is 2.35. The molecule has 0 aliphatic carbocycles. The zero-order valence-electron chi connectivity index (χ0n) is 14.7. The largest absolute Gasteiger partial charge is 0.497 e. The van der Waals surface area contributed by atoms with E-state index in [9.17, 15) is 4.79 Å². The van der Waals surface area contributed by atoms with E-state index in [1.165, 1.54) is 17.4 Å². The van der Waals surface area contributed by atoms with Crippen LogP contribution in [0, 0.1) is 0 Å². The molecule has 0 aliphatic rings. The number of carbonyl (C=O) groups is 1. The van der Waals surface area contributed by atoms with Gasteiger partial charge in [-0.3, -0.25) is 10.1 Å². The number of hydrogen-bond acceptors (Lipinski definition) is 5. The van der Waals surface area contributed by atoms with E-state index < -0.39 is 0 Å². The number of methoxy groups -OCH3 is 2. The molecular weight excluding hydrogens is 384 g/mol. The van der Waals surface area contributed by atoms with Crippen molar-refractivity contribution in [3.05, 3.63) is 64.5 Å². The van der Waals surface area contributed by atoms with Crippen molar-refractivity contribution in [2.24, 2.45) is 0 Å². The number of nitrogens with one attached hydrogen (secondary N) is 1. The molecule has 2 aromatic carbocycles. The Morgan fingerprint density at radius 3 is 2.74 bits per heavy atom. The maximum Gasteiger partial charge on any atom is 0.250 e. The van der Waals surface area contributed by atoms with Gasteiger partial charge < -0.3 is 9.47 Å². The van der Waals surface area contributed by atoms with Gasteiger partial charge in [0, 0.05) is 22.0 Å². The Hall–Kier alpha value is -2.83. The van der Waals surface area contributed by atoms with Gasteiger partial charge in [0.25, 0.3) is 0 Å². The standard InChI is InChI=1S/C20H17ClN2O3S/c1-25-14-8-9-18(26-2)15(11-14)17-12-27-20(22-17)23-19(24)10-7-13-5-3-4-6-16(13)21/h3-12H,1-2H3,(H,22,23,24). The predicted molar refractivity (Wildman–Crippen MR) is 110 cm³/mol. The van der Waals surface area contributed by atoms with E-state index in [1.54, 1.807) is 26.4 Å². The molecule has 0 bridgehead atoms. The highest BCUT2D eigenvalue weighted by atomic mass is 35.5. The van der Waals surface area contributed by atoms with Gasteiger partial charge in [-0.15, -0.1) is 11.3 Å². The minimum absolute atomic E-state index is 0.284. The lowest BCUT2D eigenvalue weighted by molar-refractivity contribution is -0.111. The van der Waals surface area contributed by atoms with Gasteiger partial charge in [0.05, 0.1) is 19.9 Å². The lowest BCUT2D eigenvalue weighted by Crippen LogP contribution is -2.07. The zero-order valence-corrected chi connectivity index (χ0v) is 16.3. The predicted octanol–water partition coefficient (Wildman–Crippen LogP) is 5.13. The average Bonchev–Trinajstić information content (AvgIpc) is 3.15. The van der Waals surface area contributed by atoms with Crippen molar-refractivity contribution in [1.29, 1.82) is 0 Å². The highest BCUT2D eigenvalue weighted by molar-refractivity contribution is 7.14. The van der Waals surface area contributed by atoms with Gasteiger partial charge in [0.2, 0.25) is 5.91 Å². The Balaban J connectivity index is 1.75. The van der Waals surface area contributed by atoms with Crippen molar-refractivity contribution >= 4 is 40.1 Å². The first-order valence-corrected chi connectivity index (χ1v) is 9.28. The van der Waals surface area contributed by atoms with E-state index in [-0.39, 0.29) is 5.91 Å². The van der Waals surface area contributed by atoms with Crippen LogP contribution in [0.25, 0.3) is 17.3 Å². The number of rotatable bonds is 6. The molecule has 1 aromatic heterocycles. The second kappa shape index (κ2) is 8.70. The van der Waals surface area contributed by atoms with E-state index in [4.69, 9.17) is 21.1 Å². The molecule has 0 spiro atoms. The van der Waals surface area contributed by atoms with Gasteiger partial charge in [-0.1, -0.05) is 29.8 Å². The molecule has 1 amide bonds. The van der Waals surface area contributed by atoms with E-state index in [0.717, 1.165) is 11.1 Å². The molecule has 138 valence electrons. The summed E-state index contributed by atoms with van der Waals surface area (Å²) in [7, 11) is 3.20. The Kier molecular flexibility index (Phi) is 6.11. The third-order valence-corrected chi connectivity index (χ3v) is 4.84. The molecule has 0 saturated heterocycles. The van der Waals surface area contributed by atoms with Gasteiger partial charge in [-0.25, -0.2) is 4.98 Å². The van der Waals surface area contributed by atoms with Crippen LogP contribution >= 0.6 is 22.9 Å². The number of thiazole rings is 1. The fourth-order valence-corrected chi connectivity index (χ4v) is 3.30. The zero-order chi connectivity index (χ0) is 19.2. The summed E-state index contributed by atoms with van der Waals surface area (Å²) in [5.41, 5.74) is 2.26. The van der Waals surface area contributed by atoms with Crippen molar-refractivity contribution in [3.8, 4) is 22.8 Å². The Labute approximate surface area is 166 Å². The third-order valence-electron chi connectivity index (χ3n) is 3.74. The number of hydrogen-bond donors (Lipinski definition) is 1. The van der Waals surface area contributed by atoms with Crippen LogP contribution in [0.5, 0.6) is 11.5 Å². The maximum atomic E-state index is 12.1. The number of amides is 1. The topological polar surface area (TPSA) is 60.5 Å². The van der Waals surface area contributed by atoms with Gasteiger partial charge in [-0.05, 0) is 35.9 Å². The van der Waals surface area contributed by atoms with E-state index in [2.05, 4.69) is 10.3 Å². The molecule has 27 heavy (non-hydrogen) atoms. The highest BCUT2D eigenvalue weighted by Gasteiger charge is 2.12. The number of aromatic nitrogens is 1. The molecular formula is C20H17ClN2O3S. The van der Waals surface area contributed by atoms with Crippen LogP contribution in [0.4, 0.5) is 5.13 Å². The number of carbonyl (C=O) groups excluding carboxylic acids is 1. The summed E-state index contributed by atoms with van der Waals surface area (Å²) in [6.07, 6.45) is 3.09. The smallest absolute Gasteiger partial charge is 0.250 e. The van der Waals surface area contributed by atoms with Gasteiger partial charge in [-0.2, -0.15) is 0 Å². The molecule has 0 aliphatic heterocycles. The van der Waals surface area contributed by atoms with Crippen LogP contribution in [-0.4, -0.2) is 25.1 Å². The van der Waals surface area contributed by atoms with Crippen LogP contribution in [0.15, 0.2) is 53.9 Å². The van der Waals surface area contributed by atoms with Crippen molar-refractivity contribution in [2.75, 3.05) is 19.5 Å². The molecule has 0 atom stereocenters.